The number of thiophene rings is 1. The van der Waals surface area contributed by atoms with Crippen LogP contribution in [0.1, 0.15) is 31.6 Å². The molecule has 1 aromatic heterocycles. The van der Waals surface area contributed by atoms with Crippen molar-refractivity contribution < 1.29 is 9.90 Å². The van der Waals surface area contributed by atoms with Crippen molar-refractivity contribution in [3.05, 3.63) is 21.3 Å². The third-order valence-electron chi connectivity index (χ3n) is 2.99. The summed E-state index contributed by atoms with van der Waals surface area (Å²) in [6.07, 6.45) is 1.39. The molecule has 0 aliphatic carbocycles. The van der Waals surface area contributed by atoms with Gasteiger partial charge in [0.15, 0.2) is 0 Å². The number of aliphatic hydroxyl groups excluding tert-OH is 1. The van der Waals surface area contributed by atoms with Crippen LogP contribution in [0.2, 0.25) is 4.34 Å². The summed E-state index contributed by atoms with van der Waals surface area (Å²) in [7, 11) is 0. The number of thioether (sulfide) groups is 1. The van der Waals surface area contributed by atoms with Gasteiger partial charge in [0.2, 0.25) is 5.91 Å². The monoisotopic (exact) mass is 321 g/mol. The standard InChI is InChI=1S/C13H20ClNO2S2/c1-3-13(2,6-7-16)15-12(17)9-18-8-10-4-5-11(14)19-10/h4-5,16H,3,6-9H2,1-2H3,(H,15,17). The number of amides is 1. The summed E-state index contributed by atoms with van der Waals surface area (Å²) < 4.78 is 0.779. The molecular formula is C13H20ClNO2S2. The van der Waals surface area contributed by atoms with E-state index in [0.29, 0.717) is 12.2 Å². The highest BCUT2D eigenvalue weighted by Gasteiger charge is 2.23. The van der Waals surface area contributed by atoms with Gasteiger partial charge in [-0.05, 0) is 31.9 Å². The second-order valence-electron chi connectivity index (χ2n) is 4.63. The molecule has 3 nitrogen and oxygen atoms in total. The van der Waals surface area contributed by atoms with Crippen LogP contribution in [0.25, 0.3) is 0 Å². The average Bonchev–Trinajstić information content (AvgIpc) is 2.75. The fourth-order valence-corrected chi connectivity index (χ4v) is 3.65. The molecule has 0 aromatic carbocycles. The van der Waals surface area contributed by atoms with Crippen LogP contribution in [-0.4, -0.2) is 28.9 Å². The third-order valence-corrected chi connectivity index (χ3v) is 5.39. The number of halogens is 1. The molecule has 1 unspecified atom stereocenters. The number of nitrogens with one attached hydrogen (secondary N) is 1. The summed E-state index contributed by atoms with van der Waals surface area (Å²) in [4.78, 5) is 13.0. The predicted molar refractivity (Wildman–Crippen MR) is 84.0 cm³/mol. The van der Waals surface area contributed by atoms with E-state index in [4.69, 9.17) is 16.7 Å². The second kappa shape index (κ2) is 8.15. The van der Waals surface area contributed by atoms with E-state index in [2.05, 4.69) is 5.32 Å². The molecule has 0 bridgehead atoms. The smallest absolute Gasteiger partial charge is 0.230 e. The highest BCUT2D eigenvalue weighted by molar-refractivity contribution is 7.99. The number of hydrogen-bond acceptors (Lipinski definition) is 4. The first-order valence-corrected chi connectivity index (χ1v) is 8.58. The fourth-order valence-electron chi connectivity index (χ4n) is 1.62. The zero-order valence-electron chi connectivity index (χ0n) is 11.2. The first kappa shape index (κ1) is 16.8. The van der Waals surface area contributed by atoms with Gasteiger partial charge in [0.25, 0.3) is 0 Å². The highest BCUT2D eigenvalue weighted by Crippen LogP contribution is 2.25. The van der Waals surface area contributed by atoms with Gasteiger partial charge in [0.1, 0.15) is 0 Å². The van der Waals surface area contributed by atoms with Crippen molar-refractivity contribution in [3.8, 4) is 0 Å². The molecule has 0 aliphatic rings. The largest absolute Gasteiger partial charge is 0.396 e. The molecule has 1 atom stereocenters. The van der Waals surface area contributed by atoms with Crippen LogP contribution in [0.15, 0.2) is 12.1 Å². The van der Waals surface area contributed by atoms with Gasteiger partial charge >= 0.3 is 0 Å². The maximum Gasteiger partial charge on any atom is 0.230 e. The van der Waals surface area contributed by atoms with Crippen LogP contribution in [0.3, 0.4) is 0 Å². The highest BCUT2D eigenvalue weighted by atomic mass is 35.5. The molecule has 0 fully saturated rings. The maximum absolute atomic E-state index is 11.9. The molecule has 0 saturated heterocycles. The Bertz CT molecular complexity index is 411. The molecule has 1 aromatic rings. The first-order valence-electron chi connectivity index (χ1n) is 6.23. The van der Waals surface area contributed by atoms with E-state index in [9.17, 15) is 4.79 Å². The summed E-state index contributed by atoms with van der Waals surface area (Å²) in [5, 5.41) is 12.0. The minimum Gasteiger partial charge on any atom is -0.396 e. The van der Waals surface area contributed by atoms with Gasteiger partial charge in [0, 0.05) is 22.8 Å². The molecule has 6 heteroatoms. The minimum atomic E-state index is -0.307. The molecular weight excluding hydrogens is 302 g/mol. The van der Waals surface area contributed by atoms with Gasteiger partial charge in [-0.2, -0.15) is 0 Å². The maximum atomic E-state index is 11.9. The Kier molecular flexibility index (Phi) is 7.21. The number of rotatable bonds is 8. The number of aliphatic hydroxyl groups is 1. The number of carbonyl (C=O) groups excluding carboxylic acids is 1. The van der Waals surface area contributed by atoms with Crippen LogP contribution in [0.5, 0.6) is 0 Å². The SMILES string of the molecule is CCC(C)(CCO)NC(=O)CSCc1ccc(Cl)s1. The molecule has 0 aliphatic heterocycles. The van der Waals surface area contributed by atoms with Gasteiger partial charge in [0.05, 0.1) is 10.1 Å². The minimum absolute atomic E-state index is 0.0189. The van der Waals surface area contributed by atoms with Crippen molar-refractivity contribution in [2.24, 2.45) is 0 Å². The van der Waals surface area contributed by atoms with Crippen LogP contribution in [0.4, 0.5) is 0 Å². The summed E-state index contributed by atoms with van der Waals surface area (Å²) in [5.74, 6) is 1.25. The number of hydrogen-bond donors (Lipinski definition) is 2. The summed E-state index contributed by atoms with van der Waals surface area (Å²) >= 11 is 8.97. The Labute approximate surface area is 127 Å². The Morgan fingerprint density at radius 1 is 1.58 bits per heavy atom. The van der Waals surface area contributed by atoms with Crippen LogP contribution in [-0.2, 0) is 10.5 Å². The van der Waals surface area contributed by atoms with E-state index < -0.39 is 0 Å². The van der Waals surface area contributed by atoms with Crippen molar-refractivity contribution in [2.45, 2.75) is 38.0 Å². The summed E-state index contributed by atoms with van der Waals surface area (Å²) in [6, 6.07) is 3.86. The fraction of sp³-hybridized carbons (Fsp3) is 0.615. The van der Waals surface area contributed by atoms with E-state index in [0.717, 1.165) is 16.5 Å². The van der Waals surface area contributed by atoms with Crippen LogP contribution in [0, 0.1) is 0 Å². The lowest BCUT2D eigenvalue weighted by Crippen LogP contribution is -2.46. The molecule has 1 amide bonds. The zero-order chi connectivity index (χ0) is 14.3. The Hall–Kier alpha value is -0.230. The average molecular weight is 322 g/mol. The number of carbonyl (C=O) groups is 1. The van der Waals surface area contributed by atoms with E-state index in [1.165, 1.54) is 4.88 Å². The van der Waals surface area contributed by atoms with Gasteiger partial charge in [-0.1, -0.05) is 18.5 Å². The second-order valence-corrected chi connectivity index (χ2v) is 7.42. The molecule has 0 spiro atoms. The molecule has 1 heterocycles. The Morgan fingerprint density at radius 2 is 2.32 bits per heavy atom. The van der Waals surface area contributed by atoms with E-state index >= 15 is 0 Å². The molecule has 0 saturated carbocycles. The molecule has 2 N–H and O–H groups in total. The van der Waals surface area contributed by atoms with Crippen molar-refractivity contribution in [3.63, 3.8) is 0 Å². The summed E-state index contributed by atoms with van der Waals surface area (Å²) in [6.45, 7) is 4.06. The van der Waals surface area contributed by atoms with Gasteiger partial charge in [-0.15, -0.1) is 23.1 Å². The van der Waals surface area contributed by atoms with Crippen molar-refractivity contribution in [1.82, 2.24) is 5.32 Å². The lowest BCUT2D eigenvalue weighted by atomic mass is 9.95. The quantitative estimate of drug-likeness (QED) is 0.772. The molecule has 19 heavy (non-hydrogen) atoms. The van der Waals surface area contributed by atoms with Gasteiger partial charge in [-0.25, -0.2) is 0 Å². The topological polar surface area (TPSA) is 49.3 Å². The Balaban J connectivity index is 2.31. The van der Waals surface area contributed by atoms with Gasteiger partial charge in [-0.3, -0.25) is 4.79 Å². The van der Waals surface area contributed by atoms with Crippen molar-refractivity contribution in [1.29, 1.82) is 0 Å². The Morgan fingerprint density at radius 3 is 2.84 bits per heavy atom. The molecule has 0 radical (unpaired) electrons. The normalized spacial score (nSPS) is 14.1. The van der Waals surface area contributed by atoms with E-state index in [1.54, 1.807) is 23.1 Å². The summed E-state index contributed by atoms with van der Waals surface area (Å²) in [5.41, 5.74) is -0.307. The van der Waals surface area contributed by atoms with Crippen molar-refractivity contribution in [2.75, 3.05) is 12.4 Å². The zero-order valence-corrected chi connectivity index (χ0v) is 13.6. The van der Waals surface area contributed by atoms with Crippen molar-refractivity contribution >= 4 is 40.6 Å². The predicted octanol–water partition coefficient (Wildman–Crippen LogP) is 3.30. The lowest BCUT2D eigenvalue weighted by Gasteiger charge is -2.28. The van der Waals surface area contributed by atoms with E-state index in [1.807, 2.05) is 26.0 Å². The van der Waals surface area contributed by atoms with E-state index in [-0.39, 0.29) is 18.1 Å². The van der Waals surface area contributed by atoms with Crippen LogP contribution >= 0.6 is 34.7 Å². The molecule has 1 rings (SSSR count). The van der Waals surface area contributed by atoms with Crippen LogP contribution < -0.4 is 5.32 Å². The first-order chi connectivity index (χ1) is 8.99. The lowest BCUT2D eigenvalue weighted by molar-refractivity contribution is -0.120. The molecule has 108 valence electrons. The third kappa shape index (κ3) is 6.17. The van der Waals surface area contributed by atoms with Gasteiger partial charge < -0.3 is 10.4 Å².